The zero-order valence-corrected chi connectivity index (χ0v) is 5.10. The summed E-state index contributed by atoms with van der Waals surface area (Å²) in [6.45, 7) is 0. The molecule has 0 spiro atoms. The van der Waals surface area contributed by atoms with Gasteiger partial charge in [-0.1, -0.05) is 0 Å². The average molecular weight is 133 g/mol. The first-order chi connectivity index (χ1) is 3.72. The Bertz CT molecular complexity index is 86.1. The van der Waals surface area contributed by atoms with E-state index in [2.05, 4.69) is 24.5 Å². The Morgan fingerprint density at radius 1 is 2.00 bits per heavy atom. The highest BCUT2D eigenvalue weighted by Gasteiger charge is 2.09. The summed E-state index contributed by atoms with van der Waals surface area (Å²) in [5.74, 6) is -0.393. The van der Waals surface area contributed by atoms with Crippen molar-refractivity contribution in [1.82, 2.24) is 0 Å². The largest absolute Gasteiger partial charge is 0.453 e. The van der Waals surface area contributed by atoms with E-state index in [0.717, 1.165) is 0 Å². The summed E-state index contributed by atoms with van der Waals surface area (Å²) >= 11 is 3.73. The minimum Gasteiger partial charge on any atom is -0.453 e. The topological polar surface area (TPSA) is 52.3 Å². The summed E-state index contributed by atoms with van der Waals surface area (Å²) < 4.78 is 3.79. The second-order valence-corrected chi connectivity index (χ2v) is 1.59. The summed E-state index contributed by atoms with van der Waals surface area (Å²) in [5, 5.41) is 0. The van der Waals surface area contributed by atoms with Crippen molar-refractivity contribution < 1.29 is 9.53 Å². The molecule has 0 aliphatic heterocycles. The van der Waals surface area contributed by atoms with Crippen LogP contribution in [0.25, 0.3) is 0 Å². The van der Waals surface area contributed by atoms with Crippen molar-refractivity contribution in [2.45, 2.75) is 6.04 Å². The van der Waals surface area contributed by atoms with Crippen molar-refractivity contribution in [2.75, 3.05) is 5.75 Å². The third-order valence-electron chi connectivity index (χ3n) is 0.616. The van der Waals surface area contributed by atoms with Crippen LogP contribution in [0.15, 0.2) is 0 Å². The Labute approximate surface area is 53.6 Å². The molecule has 0 amide bonds. The summed E-state index contributed by atoms with van der Waals surface area (Å²) in [7, 11) is 4.49. The molecule has 8 heavy (non-hydrogen) atoms. The van der Waals surface area contributed by atoms with Crippen molar-refractivity contribution >= 4 is 18.6 Å². The highest BCUT2D eigenvalue weighted by Crippen LogP contribution is 1.85. The smallest absolute Gasteiger partial charge is 0.324 e. The van der Waals surface area contributed by atoms with Gasteiger partial charge in [-0.2, -0.15) is 12.6 Å². The van der Waals surface area contributed by atoms with Gasteiger partial charge in [0.1, 0.15) is 6.04 Å². The van der Waals surface area contributed by atoms with Gasteiger partial charge in [0.25, 0.3) is 0 Å². The Morgan fingerprint density at radius 3 is 2.62 bits per heavy atom. The first kappa shape index (κ1) is 7.78. The van der Waals surface area contributed by atoms with Crippen LogP contribution in [0, 0.1) is 7.11 Å². The molecule has 2 radical (unpaired) electrons. The summed E-state index contributed by atoms with van der Waals surface area (Å²) in [5.41, 5.74) is 5.10. The van der Waals surface area contributed by atoms with Crippen molar-refractivity contribution in [1.29, 1.82) is 0 Å². The molecular formula is C4H7NO2S. The maximum absolute atomic E-state index is 10.2. The minimum atomic E-state index is -0.705. The Morgan fingerprint density at radius 2 is 2.50 bits per heavy atom. The van der Waals surface area contributed by atoms with Crippen molar-refractivity contribution in [3.63, 3.8) is 0 Å². The second kappa shape index (κ2) is 3.74. The molecule has 0 bridgehead atoms. The molecule has 1 atom stereocenters. The highest BCUT2D eigenvalue weighted by atomic mass is 32.1. The van der Waals surface area contributed by atoms with Crippen LogP contribution in [0.1, 0.15) is 0 Å². The van der Waals surface area contributed by atoms with Crippen LogP contribution < -0.4 is 5.73 Å². The number of hydrogen-bond acceptors (Lipinski definition) is 4. The van der Waals surface area contributed by atoms with Crippen molar-refractivity contribution in [3.05, 3.63) is 7.11 Å². The first-order valence-electron chi connectivity index (χ1n) is 1.99. The Kier molecular flexibility index (Phi) is 3.64. The standard InChI is InChI=1S/C4H7NO2S/c1-7-4(6)3(5)2-8/h1,3,8H,2,5H2. The quantitative estimate of drug-likeness (QED) is 0.393. The van der Waals surface area contributed by atoms with Gasteiger partial charge in [0.05, 0.1) is 0 Å². The number of ether oxygens (including phenoxy) is 1. The van der Waals surface area contributed by atoms with E-state index >= 15 is 0 Å². The molecule has 0 aromatic rings. The Balaban J connectivity index is 3.46. The second-order valence-electron chi connectivity index (χ2n) is 1.23. The maximum Gasteiger partial charge on any atom is 0.324 e. The van der Waals surface area contributed by atoms with Gasteiger partial charge in [-0.05, 0) is 0 Å². The molecule has 4 heteroatoms. The molecule has 0 saturated heterocycles. The molecule has 0 aliphatic carbocycles. The van der Waals surface area contributed by atoms with E-state index in [9.17, 15) is 4.79 Å². The van der Waals surface area contributed by atoms with Gasteiger partial charge < -0.3 is 10.5 Å². The molecule has 3 nitrogen and oxygen atoms in total. The maximum atomic E-state index is 10.2. The highest BCUT2D eigenvalue weighted by molar-refractivity contribution is 7.80. The van der Waals surface area contributed by atoms with Gasteiger partial charge in [-0.15, -0.1) is 0 Å². The van der Waals surface area contributed by atoms with Gasteiger partial charge in [0.2, 0.25) is 0 Å². The van der Waals surface area contributed by atoms with Crippen LogP contribution in [-0.4, -0.2) is 17.8 Å². The van der Waals surface area contributed by atoms with Crippen LogP contribution >= 0.6 is 12.6 Å². The molecule has 0 aromatic carbocycles. The van der Waals surface area contributed by atoms with E-state index in [4.69, 9.17) is 5.73 Å². The van der Waals surface area contributed by atoms with E-state index in [1.807, 2.05) is 0 Å². The number of carbonyl (C=O) groups excluding carboxylic acids is 1. The summed E-state index contributed by atoms with van der Waals surface area (Å²) in [6, 6.07) is -0.705. The SMILES string of the molecule is [CH]OC(=O)C(N)CS. The fourth-order valence-electron chi connectivity index (χ4n) is 0.162. The predicted octanol–water partition coefficient (Wildman–Crippen LogP) is -0.545. The number of rotatable bonds is 2. The normalized spacial score (nSPS) is 12.9. The summed E-state index contributed by atoms with van der Waals surface area (Å²) in [4.78, 5) is 10.2. The molecule has 46 valence electrons. The lowest BCUT2D eigenvalue weighted by atomic mass is 10.4. The Hall–Kier alpha value is -0.220. The zero-order valence-electron chi connectivity index (χ0n) is 4.20. The zero-order chi connectivity index (χ0) is 6.57. The lowest BCUT2D eigenvalue weighted by Crippen LogP contribution is -2.32. The van der Waals surface area contributed by atoms with Crippen LogP contribution in [0.2, 0.25) is 0 Å². The fourth-order valence-corrected chi connectivity index (χ4v) is 0.311. The molecule has 0 rings (SSSR count). The summed E-state index contributed by atoms with van der Waals surface area (Å²) in [6.07, 6.45) is 0. The average Bonchev–Trinajstić information content (AvgIpc) is 1.84. The number of esters is 1. The molecule has 0 aromatic heterocycles. The first-order valence-corrected chi connectivity index (χ1v) is 2.62. The van der Waals surface area contributed by atoms with Gasteiger partial charge in [-0.25, -0.2) is 0 Å². The van der Waals surface area contributed by atoms with Gasteiger partial charge in [0.15, 0.2) is 7.11 Å². The van der Waals surface area contributed by atoms with E-state index in [1.54, 1.807) is 0 Å². The van der Waals surface area contributed by atoms with Crippen molar-refractivity contribution in [3.8, 4) is 0 Å². The van der Waals surface area contributed by atoms with Gasteiger partial charge in [-0.3, -0.25) is 4.79 Å². The third kappa shape index (κ3) is 2.18. The van der Waals surface area contributed by atoms with Gasteiger partial charge >= 0.3 is 5.97 Å². The number of carbonyl (C=O) groups is 1. The van der Waals surface area contributed by atoms with Crippen LogP contribution in [0.3, 0.4) is 0 Å². The van der Waals surface area contributed by atoms with Crippen molar-refractivity contribution in [2.24, 2.45) is 5.73 Å². The molecule has 1 unspecified atom stereocenters. The van der Waals surface area contributed by atoms with Gasteiger partial charge in [0, 0.05) is 5.75 Å². The fraction of sp³-hybridized carbons (Fsp3) is 0.500. The molecule has 0 saturated carbocycles. The van der Waals surface area contributed by atoms with E-state index in [0.29, 0.717) is 0 Å². The van der Waals surface area contributed by atoms with E-state index in [1.165, 1.54) is 0 Å². The van der Waals surface area contributed by atoms with Crippen LogP contribution in [0.4, 0.5) is 0 Å². The lowest BCUT2D eigenvalue weighted by Gasteiger charge is -2.01. The lowest BCUT2D eigenvalue weighted by molar-refractivity contribution is -0.139. The van der Waals surface area contributed by atoms with E-state index < -0.39 is 12.0 Å². The number of thiol groups is 1. The molecule has 0 fully saturated rings. The molecular weight excluding hydrogens is 126 g/mol. The molecule has 0 aliphatic rings. The monoisotopic (exact) mass is 133 g/mol. The molecule has 0 heterocycles. The predicted molar refractivity (Wildman–Crippen MR) is 32.2 cm³/mol. The third-order valence-corrected chi connectivity index (χ3v) is 1.01. The minimum absolute atomic E-state index is 0.246. The number of hydrogen-bond donors (Lipinski definition) is 2. The number of nitrogens with two attached hydrogens (primary N) is 1. The molecule has 2 N–H and O–H groups in total. The van der Waals surface area contributed by atoms with Crippen LogP contribution in [-0.2, 0) is 9.53 Å². The van der Waals surface area contributed by atoms with E-state index in [-0.39, 0.29) is 5.75 Å². The van der Waals surface area contributed by atoms with Crippen LogP contribution in [0.5, 0.6) is 0 Å².